The maximum atomic E-state index is 5.76. The van der Waals surface area contributed by atoms with E-state index in [-0.39, 0.29) is 6.10 Å². The van der Waals surface area contributed by atoms with Gasteiger partial charge in [-0.05, 0) is 23.3 Å². The highest BCUT2D eigenvalue weighted by Crippen LogP contribution is 2.26. The van der Waals surface area contributed by atoms with Gasteiger partial charge in [0.15, 0.2) is 0 Å². The molecule has 2 heterocycles. The van der Waals surface area contributed by atoms with E-state index in [9.17, 15) is 0 Å². The molecule has 88 valence electrons. The van der Waals surface area contributed by atoms with Crippen LogP contribution in [0.4, 0.5) is 5.69 Å². The van der Waals surface area contributed by atoms with E-state index in [1.54, 1.807) is 0 Å². The van der Waals surface area contributed by atoms with Crippen LogP contribution < -0.4 is 10.6 Å². The molecule has 0 saturated carbocycles. The van der Waals surface area contributed by atoms with E-state index in [1.165, 1.54) is 11.1 Å². The standard InChI is InChI=1S/C14H16N2O/c1-2-6-16-13-9-12(5-4-11(13)3-1)14-10-15-7-8-17-14/h1-6,9,14-16H,7-8,10H2. The molecule has 0 amide bonds. The number of ether oxygens (including phenoxy) is 1. The zero-order chi connectivity index (χ0) is 11.5. The van der Waals surface area contributed by atoms with Gasteiger partial charge in [-0.2, -0.15) is 0 Å². The van der Waals surface area contributed by atoms with E-state index in [4.69, 9.17) is 4.74 Å². The molecule has 3 rings (SSSR count). The number of rotatable bonds is 1. The van der Waals surface area contributed by atoms with Gasteiger partial charge in [0.25, 0.3) is 0 Å². The Kier molecular flexibility index (Phi) is 2.94. The summed E-state index contributed by atoms with van der Waals surface area (Å²) in [6.07, 6.45) is 8.27. The van der Waals surface area contributed by atoms with Gasteiger partial charge in [0, 0.05) is 25.0 Å². The molecule has 2 N–H and O–H groups in total. The first-order valence-electron chi connectivity index (χ1n) is 5.99. The first kappa shape index (κ1) is 10.6. The number of hydrogen-bond acceptors (Lipinski definition) is 3. The Morgan fingerprint density at radius 2 is 2.24 bits per heavy atom. The van der Waals surface area contributed by atoms with E-state index in [2.05, 4.69) is 34.9 Å². The summed E-state index contributed by atoms with van der Waals surface area (Å²) < 4.78 is 5.76. The minimum absolute atomic E-state index is 0.173. The van der Waals surface area contributed by atoms with Crippen LogP contribution in [0.2, 0.25) is 0 Å². The number of benzene rings is 1. The van der Waals surface area contributed by atoms with E-state index in [0.29, 0.717) is 0 Å². The molecular formula is C14H16N2O. The molecule has 1 fully saturated rings. The average molecular weight is 228 g/mol. The molecule has 17 heavy (non-hydrogen) atoms. The third-order valence-corrected chi connectivity index (χ3v) is 3.10. The van der Waals surface area contributed by atoms with E-state index < -0.39 is 0 Å². The number of morpholine rings is 1. The van der Waals surface area contributed by atoms with Gasteiger partial charge in [0.2, 0.25) is 0 Å². The predicted molar refractivity (Wildman–Crippen MR) is 69.8 cm³/mol. The van der Waals surface area contributed by atoms with Crippen molar-refractivity contribution < 1.29 is 4.74 Å². The van der Waals surface area contributed by atoms with Gasteiger partial charge in [-0.1, -0.05) is 24.3 Å². The molecule has 2 aliphatic rings. The van der Waals surface area contributed by atoms with Gasteiger partial charge < -0.3 is 15.4 Å². The third-order valence-electron chi connectivity index (χ3n) is 3.10. The summed E-state index contributed by atoms with van der Waals surface area (Å²) in [4.78, 5) is 0. The van der Waals surface area contributed by atoms with E-state index in [1.807, 2.05) is 18.4 Å². The molecule has 1 saturated heterocycles. The fraction of sp³-hybridized carbons (Fsp3) is 0.286. The van der Waals surface area contributed by atoms with Crippen molar-refractivity contribution in [2.75, 3.05) is 25.0 Å². The van der Waals surface area contributed by atoms with E-state index >= 15 is 0 Å². The fourth-order valence-electron chi connectivity index (χ4n) is 2.18. The second kappa shape index (κ2) is 4.73. The summed E-state index contributed by atoms with van der Waals surface area (Å²) in [6, 6.07) is 6.46. The minimum atomic E-state index is 0.173. The molecule has 0 radical (unpaired) electrons. The molecular weight excluding hydrogens is 212 g/mol. The van der Waals surface area contributed by atoms with Crippen LogP contribution in [0.15, 0.2) is 36.6 Å². The molecule has 1 unspecified atom stereocenters. The van der Waals surface area contributed by atoms with Crippen molar-refractivity contribution in [1.29, 1.82) is 0 Å². The lowest BCUT2D eigenvalue weighted by atomic mass is 10.0. The fourth-order valence-corrected chi connectivity index (χ4v) is 2.18. The number of fused-ring (bicyclic) bond motifs is 1. The lowest BCUT2D eigenvalue weighted by Gasteiger charge is -2.24. The molecule has 0 aromatic heterocycles. The molecule has 3 nitrogen and oxygen atoms in total. The van der Waals surface area contributed by atoms with Crippen molar-refractivity contribution in [2.24, 2.45) is 0 Å². The highest BCUT2D eigenvalue weighted by molar-refractivity contribution is 5.70. The van der Waals surface area contributed by atoms with Crippen molar-refractivity contribution in [3.63, 3.8) is 0 Å². The summed E-state index contributed by atoms with van der Waals surface area (Å²) in [5.41, 5.74) is 3.58. The van der Waals surface area contributed by atoms with Crippen LogP contribution in [0.25, 0.3) is 6.08 Å². The number of nitrogens with one attached hydrogen (secondary N) is 2. The number of hydrogen-bond donors (Lipinski definition) is 2. The Morgan fingerprint density at radius 1 is 1.24 bits per heavy atom. The van der Waals surface area contributed by atoms with Gasteiger partial charge in [0.05, 0.1) is 12.7 Å². The summed E-state index contributed by atoms with van der Waals surface area (Å²) in [7, 11) is 0. The summed E-state index contributed by atoms with van der Waals surface area (Å²) in [5, 5.41) is 6.64. The Labute approximate surface area is 101 Å². The molecule has 0 spiro atoms. The molecule has 1 aromatic rings. The van der Waals surface area contributed by atoms with Crippen LogP contribution in [0, 0.1) is 0 Å². The van der Waals surface area contributed by atoms with Crippen molar-refractivity contribution in [2.45, 2.75) is 6.10 Å². The van der Waals surface area contributed by atoms with Gasteiger partial charge in [-0.3, -0.25) is 0 Å². The molecule has 1 aromatic carbocycles. The number of anilines is 1. The normalized spacial score (nSPS) is 22.7. The first-order chi connectivity index (χ1) is 8.43. The molecule has 2 aliphatic heterocycles. The lowest BCUT2D eigenvalue weighted by Crippen LogP contribution is -2.33. The lowest BCUT2D eigenvalue weighted by molar-refractivity contribution is 0.0277. The summed E-state index contributed by atoms with van der Waals surface area (Å²) in [5.74, 6) is 0. The third kappa shape index (κ3) is 2.25. The monoisotopic (exact) mass is 228 g/mol. The molecule has 0 aliphatic carbocycles. The van der Waals surface area contributed by atoms with Crippen molar-refractivity contribution in [3.8, 4) is 0 Å². The van der Waals surface area contributed by atoms with Gasteiger partial charge in [0.1, 0.15) is 0 Å². The Balaban J connectivity index is 1.89. The topological polar surface area (TPSA) is 33.3 Å². The van der Waals surface area contributed by atoms with Gasteiger partial charge >= 0.3 is 0 Å². The minimum Gasteiger partial charge on any atom is -0.371 e. The van der Waals surface area contributed by atoms with Crippen LogP contribution in [0.1, 0.15) is 17.2 Å². The number of allylic oxidation sites excluding steroid dienone is 2. The second-order valence-corrected chi connectivity index (χ2v) is 4.27. The van der Waals surface area contributed by atoms with Crippen LogP contribution in [-0.2, 0) is 4.74 Å². The Morgan fingerprint density at radius 3 is 3.12 bits per heavy atom. The predicted octanol–water partition coefficient (Wildman–Crippen LogP) is 2.30. The van der Waals surface area contributed by atoms with Crippen LogP contribution in [0.3, 0.4) is 0 Å². The quantitative estimate of drug-likeness (QED) is 0.773. The second-order valence-electron chi connectivity index (χ2n) is 4.27. The molecule has 3 heteroatoms. The smallest absolute Gasteiger partial charge is 0.0950 e. The van der Waals surface area contributed by atoms with Crippen LogP contribution >= 0.6 is 0 Å². The molecule has 0 bridgehead atoms. The Bertz CT molecular complexity index is 459. The van der Waals surface area contributed by atoms with Crippen molar-refractivity contribution in [1.82, 2.24) is 5.32 Å². The zero-order valence-corrected chi connectivity index (χ0v) is 9.65. The zero-order valence-electron chi connectivity index (χ0n) is 9.65. The maximum absolute atomic E-state index is 5.76. The van der Waals surface area contributed by atoms with Gasteiger partial charge in [-0.15, -0.1) is 0 Å². The van der Waals surface area contributed by atoms with Crippen molar-refractivity contribution >= 4 is 11.8 Å². The van der Waals surface area contributed by atoms with Crippen LogP contribution in [-0.4, -0.2) is 19.7 Å². The summed E-state index contributed by atoms with van der Waals surface area (Å²) in [6.45, 7) is 2.63. The first-order valence-corrected chi connectivity index (χ1v) is 5.99. The van der Waals surface area contributed by atoms with E-state index in [0.717, 1.165) is 25.4 Å². The molecule has 1 atom stereocenters. The largest absolute Gasteiger partial charge is 0.371 e. The Hall–Kier alpha value is -1.58. The highest BCUT2D eigenvalue weighted by atomic mass is 16.5. The average Bonchev–Trinajstić information content (AvgIpc) is 2.64. The van der Waals surface area contributed by atoms with Crippen molar-refractivity contribution in [3.05, 3.63) is 47.7 Å². The van der Waals surface area contributed by atoms with Gasteiger partial charge in [-0.25, -0.2) is 0 Å². The SMILES string of the molecule is C1=CNc2cc(C3CNCCO3)ccc2C=C1. The summed E-state index contributed by atoms with van der Waals surface area (Å²) >= 11 is 0. The maximum Gasteiger partial charge on any atom is 0.0950 e. The highest BCUT2D eigenvalue weighted by Gasteiger charge is 2.16. The van der Waals surface area contributed by atoms with Crippen LogP contribution in [0.5, 0.6) is 0 Å².